The highest BCUT2D eigenvalue weighted by molar-refractivity contribution is 5.69. The highest BCUT2D eigenvalue weighted by atomic mass is 16.6. The molecule has 3 rings (SSSR count). The van der Waals surface area contributed by atoms with Gasteiger partial charge in [-0.2, -0.15) is 0 Å². The molecule has 2 aromatic carbocycles. The van der Waals surface area contributed by atoms with Crippen molar-refractivity contribution in [3.05, 3.63) is 83.9 Å². The van der Waals surface area contributed by atoms with E-state index in [-0.39, 0.29) is 18.1 Å². The van der Waals surface area contributed by atoms with Crippen molar-refractivity contribution in [3.63, 3.8) is 0 Å². The molecule has 0 unspecified atom stereocenters. The summed E-state index contributed by atoms with van der Waals surface area (Å²) in [4.78, 5) is 14.4. The van der Waals surface area contributed by atoms with Crippen LogP contribution >= 0.6 is 0 Å². The minimum absolute atomic E-state index is 0.0160. The van der Waals surface area contributed by atoms with Crippen LogP contribution in [0.2, 0.25) is 0 Å². The van der Waals surface area contributed by atoms with Gasteiger partial charge in [0.05, 0.1) is 12.6 Å². The molecule has 2 atom stereocenters. The Morgan fingerprint density at radius 3 is 2.50 bits per heavy atom. The molecule has 2 aromatic rings. The first kappa shape index (κ1) is 16.3. The molecular weight excluding hydrogens is 298 g/mol. The van der Waals surface area contributed by atoms with Crippen molar-refractivity contribution >= 4 is 6.09 Å². The Bertz CT molecular complexity index is 711. The average Bonchev–Trinajstić information content (AvgIpc) is 2.63. The number of hydrogen-bond acceptors (Lipinski definition) is 2. The molecule has 24 heavy (non-hydrogen) atoms. The van der Waals surface area contributed by atoms with Crippen LogP contribution in [0.15, 0.2) is 67.3 Å². The van der Waals surface area contributed by atoms with E-state index < -0.39 is 0 Å². The number of hydrogen-bond donors (Lipinski definition) is 0. The zero-order chi connectivity index (χ0) is 16.9. The van der Waals surface area contributed by atoms with Gasteiger partial charge in [-0.3, -0.25) is 4.90 Å². The number of nitrogens with zero attached hydrogens (tertiary/aromatic N) is 1. The maximum atomic E-state index is 12.5. The zero-order valence-corrected chi connectivity index (χ0v) is 14.0. The first-order valence-electron chi connectivity index (χ1n) is 8.44. The van der Waals surface area contributed by atoms with E-state index in [1.165, 1.54) is 16.7 Å². The first-order valence-corrected chi connectivity index (χ1v) is 8.44. The van der Waals surface area contributed by atoms with E-state index in [1.54, 1.807) is 0 Å². The molecule has 124 valence electrons. The third-order valence-corrected chi connectivity index (χ3v) is 4.58. The Balaban J connectivity index is 2.07. The van der Waals surface area contributed by atoms with Crippen molar-refractivity contribution < 1.29 is 9.53 Å². The van der Waals surface area contributed by atoms with E-state index in [9.17, 15) is 4.79 Å². The predicted octanol–water partition coefficient (Wildman–Crippen LogP) is 4.91. The van der Waals surface area contributed by atoms with Gasteiger partial charge in [0.15, 0.2) is 0 Å². The van der Waals surface area contributed by atoms with E-state index in [0.717, 1.165) is 6.42 Å². The summed E-state index contributed by atoms with van der Waals surface area (Å²) in [6.45, 7) is 6.71. The molecule has 0 saturated carbocycles. The second-order valence-electron chi connectivity index (χ2n) is 5.98. The molecule has 0 N–H and O–H groups in total. The molecule has 1 aliphatic rings. The maximum absolute atomic E-state index is 12.5. The Hall–Kier alpha value is -2.55. The molecule has 0 aliphatic carbocycles. The molecule has 0 spiro atoms. The molecule has 0 saturated heterocycles. The summed E-state index contributed by atoms with van der Waals surface area (Å²) in [7, 11) is 0. The van der Waals surface area contributed by atoms with Crippen molar-refractivity contribution in [3.8, 4) is 0 Å². The van der Waals surface area contributed by atoms with Crippen LogP contribution in [-0.4, -0.2) is 24.1 Å². The lowest BCUT2D eigenvalue weighted by atomic mass is 9.80. The van der Waals surface area contributed by atoms with Gasteiger partial charge < -0.3 is 4.74 Å². The van der Waals surface area contributed by atoms with Crippen LogP contribution in [0.5, 0.6) is 0 Å². The molecule has 0 radical (unpaired) electrons. The first-order chi connectivity index (χ1) is 11.8. The Morgan fingerprint density at radius 2 is 1.83 bits per heavy atom. The summed E-state index contributed by atoms with van der Waals surface area (Å²) in [6, 6.07) is 18.7. The van der Waals surface area contributed by atoms with Crippen molar-refractivity contribution in [2.24, 2.45) is 0 Å². The van der Waals surface area contributed by atoms with E-state index in [1.807, 2.05) is 42.2 Å². The lowest BCUT2D eigenvalue weighted by Gasteiger charge is -2.40. The molecule has 0 aromatic heterocycles. The number of fused-ring (bicyclic) bond motifs is 1. The highest BCUT2D eigenvalue weighted by Crippen LogP contribution is 2.41. The fourth-order valence-electron chi connectivity index (χ4n) is 3.51. The van der Waals surface area contributed by atoms with Gasteiger partial charge in [-0.05, 0) is 30.0 Å². The largest absolute Gasteiger partial charge is 0.450 e. The molecule has 3 heteroatoms. The smallest absolute Gasteiger partial charge is 0.410 e. The quantitative estimate of drug-likeness (QED) is 0.749. The van der Waals surface area contributed by atoms with Crippen LogP contribution in [0.1, 0.15) is 42.0 Å². The molecule has 3 nitrogen and oxygen atoms in total. The summed E-state index contributed by atoms with van der Waals surface area (Å²) < 4.78 is 5.31. The standard InChI is InChI=1S/C21H23NO2/c1-3-10-20-18-14-9-8-13-17(18)19(16-11-6-5-7-12-16)15-22(20)21(23)24-4-2/h3,5-9,11-14,19-20H,1,4,10,15H2,2H3/t19-,20+/m0/s1. The Kier molecular flexibility index (Phi) is 4.99. The van der Waals surface area contributed by atoms with Crippen molar-refractivity contribution in [1.29, 1.82) is 0 Å². The molecule has 0 bridgehead atoms. The summed E-state index contributed by atoms with van der Waals surface area (Å²) >= 11 is 0. The molecule has 0 fully saturated rings. The highest BCUT2D eigenvalue weighted by Gasteiger charge is 2.36. The summed E-state index contributed by atoms with van der Waals surface area (Å²) in [5.74, 6) is 0.160. The number of amides is 1. The molecule has 1 aliphatic heterocycles. The predicted molar refractivity (Wildman–Crippen MR) is 96.0 cm³/mol. The van der Waals surface area contributed by atoms with Gasteiger partial charge in [0.1, 0.15) is 0 Å². The van der Waals surface area contributed by atoms with Gasteiger partial charge in [0.2, 0.25) is 0 Å². The maximum Gasteiger partial charge on any atom is 0.410 e. The van der Waals surface area contributed by atoms with E-state index in [2.05, 4.69) is 36.9 Å². The monoisotopic (exact) mass is 321 g/mol. The van der Waals surface area contributed by atoms with Crippen LogP contribution in [0.4, 0.5) is 4.79 Å². The van der Waals surface area contributed by atoms with Gasteiger partial charge in [-0.1, -0.05) is 60.7 Å². The second kappa shape index (κ2) is 7.35. The normalized spacial score (nSPS) is 19.5. The Labute approximate surface area is 143 Å². The van der Waals surface area contributed by atoms with Crippen LogP contribution in [-0.2, 0) is 4.74 Å². The number of benzene rings is 2. The SMILES string of the molecule is C=CC[C@@H]1c2ccccc2[C@H](c2ccccc2)CN1C(=O)OCC. The van der Waals surface area contributed by atoms with Crippen LogP contribution < -0.4 is 0 Å². The van der Waals surface area contributed by atoms with Crippen molar-refractivity contribution in [2.45, 2.75) is 25.3 Å². The molecule has 1 amide bonds. The second-order valence-corrected chi connectivity index (χ2v) is 5.98. The average molecular weight is 321 g/mol. The number of carbonyl (C=O) groups excluding carboxylic acids is 1. The fourth-order valence-corrected chi connectivity index (χ4v) is 3.51. The Morgan fingerprint density at radius 1 is 1.17 bits per heavy atom. The zero-order valence-electron chi connectivity index (χ0n) is 14.0. The van der Waals surface area contributed by atoms with Crippen LogP contribution in [0.25, 0.3) is 0 Å². The topological polar surface area (TPSA) is 29.5 Å². The fraction of sp³-hybridized carbons (Fsp3) is 0.286. The minimum atomic E-state index is -0.250. The third-order valence-electron chi connectivity index (χ3n) is 4.58. The minimum Gasteiger partial charge on any atom is -0.450 e. The van der Waals surface area contributed by atoms with E-state index in [4.69, 9.17) is 4.74 Å². The number of rotatable bonds is 4. The lowest BCUT2D eigenvalue weighted by molar-refractivity contribution is 0.0843. The van der Waals surface area contributed by atoms with Crippen molar-refractivity contribution in [1.82, 2.24) is 4.90 Å². The summed E-state index contributed by atoms with van der Waals surface area (Å²) in [6.07, 6.45) is 2.34. The third kappa shape index (κ3) is 3.07. The summed E-state index contributed by atoms with van der Waals surface area (Å²) in [5.41, 5.74) is 3.69. The van der Waals surface area contributed by atoms with E-state index >= 15 is 0 Å². The van der Waals surface area contributed by atoms with Crippen LogP contribution in [0.3, 0.4) is 0 Å². The van der Waals surface area contributed by atoms with Gasteiger partial charge in [-0.25, -0.2) is 4.79 Å². The van der Waals surface area contributed by atoms with Gasteiger partial charge >= 0.3 is 6.09 Å². The van der Waals surface area contributed by atoms with Gasteiger partial charge in [0.25, 0.3) is 0 Å². The van der Waals surface area contributed by atoms with E-state index in [0.29, 0.717) is 13.2 Å². The van der Waals surface area contributed by atoms with Crippen molar-refractivity contribution in [2.75, 3.05) is 13.2 Å². The number of carbonyl (C=O) groups is 1. The summed E-state index contributed by atoms with van der Waals surface area (Å²) in [5, 5.41) is 0. The van der Waals surface area contributed by atoms with Gasteiger partial charge in [0, 0.05) is 12.5 Å². The van der Waals surface area contributed by atoms with Gasteiger partial charge in [-0.15, -0.1) is 6.58 Å². The number of ether oxygens (including phenoxy) is 1. The lowest BCUT2D eigenvalue weighted by Crippen LogP contribution is -2.42. The molecular formula is C21H23NO2. The van der Waals surface area contributed by atoms with Crippen LogP contribution in [0, 0.1) is 0 Å². The molecule has 1 heterocycles.